The highest BCUT2D eigenvalue weighted by atomic mass is 35.5. The van der Waals surface area contributed by atoms with E-state index in [1.54, 1.807) is 6.92 Å². The number of nitrogens with one attached hydrogen (secondary N) is 1. The van der Waals surface area contributed by atoms with Crippen LogP contribution in [0.15, 0.2) is 6.07 Å². The Kier molecular flexibility index (Phi) is 3.24. The van der Waals surface area contributed by atoms with Crippen LogP contribution in [0.4, 0.5) is 5.82 Å². The highest BCUT2D eigenvalue weighted by Crippen LogP contribution is 2.11. The summed E-state index contributed by atoms with van der Waals surface area (Å²) in [5, 5.41) is 11.6. The summed E-state index contributed by atoms with van der Waals surface area (Å²) in [7, 11) is 0. The number of hydrogen-bond acceptors (Lipinski definition) is 4. The molecule has 0 bridgehead atoms. The van der Waals surface area contributed by atoms with E-state index in [0.717, 1.165) is 0 Å². The van der Waals surface area contributed by atoms with Crippen molar-refractivity contribution in [2.75, 3.05) is 5.32 Å². The van der Waals surface area contributed by atoms with Gasteiger partial charge in [-0.05, 0) is 13.8 Å². The van der Waals surface area contributed by atoms with Crippen molar-refractivity contribution in [1.29, 1.82) is 0 Å². The van der Waals surface area contributed by atoms with Gasteiger partial charge in [0.25, 0.3) is 0 Å². The number of aliphatic carboxylic acids is 1. The molecule has 0 amide bonds. The molecule has 0 saturated heterocycles. The molecule has 1 aromatic rings. The van der Waals surface area contributed by atoms with Gasteiger partial charge in [0.05, 0.1) is 0 Å². The van der Waals surface area contributed by atoms with E-state index in [1.807, 2.05) is 0 Å². The lowest BCUT2D eigenvalue weighted by Gasteiger charge is -2.09. The number of hydrogen-bond donors (Lipinski definition) is 2. The first kappa shape index (κ1) is 10.7. The first-order chi connectivity index (χ1) is 6.49. The fourth-order valence-corrected chi connectivity index (χ4v) is 1.11. The van der Waals surface area contributed by atoms with E-state index in [1.165, 1.54) is 13.0 Å². The Labute approximate surface area is 86.1 Å². The fourth-order valence-electron chi connectivity index (χ4n) is 0.889. The Hall–Kier alpha value is -1.36. The maximum atomic E-state index is 10.5. The number of aromatic nitrogens is 2. The van der Waals surface area contributed by atoms with E-state index in [2.05, 4.69) is 15.3 Å². The number of carbonyl (C=O) groups is 1. The molecule has 1 atom stereocenters. The Balaban J connectivity index is 2.81. The largest absolute Gasteiger partial charge is 0.480 e. The van der Waals surface area contributed by atoms with Crippen molar-refractivity contribution in [3.63, 3.8) is 0 Å². The molecule has 0 radical (unpaired) electrons. The Morgan fingerprint density at radius 1 is 1.64 bits per heavy atom. The second-order valence-electron chi connectivity index (χ2n) is 2.83. The monoisotopic (exact) mass is 215 g/mol. The molecule has 1 heterocycles. The third-order valence-corrected chi connectivity index (χ3v) is 1.74. The number of carboxylic acid groups (broad SMARTS) is 1. The van der Waals surface area contributed by atoms with Gasteiger partial charge < -0.3 is 10.4 Å². The lowest BCUT2D eigenvalue weighted by atomic mass is 10.3. The van der Waals surface area contributed by atoms with E-state index >= 15 is 0 Å². The summed E-state index contributed by atoms with van der Waals surface area (Å²) in [6.07, 6.45) is 0. The van der Waals surface area contributed by atoms with Gasteiger partial charge in [-0.2, -0.15) is 0 Å². The van der Waals surface area contributed by atoms with E-state index < -0.39 is 12.0 Å². The average molecular weight is 216 g/mol. The summed E-state index contributed by atoms with van der Waals surface area (Å²) in [5.41, 5.74) is 0. The molecule has 0 saturated carbocycles. The molecule has 0 aliphatic rings. The van der Waals surface area contributed by atoms with Gasteiger partial charge in [-0.15, -0.1) is 0 Å². The first-order valence-corrected chi connectivity index (χ1v) is 4.37. The van der Waals surface area contributed by atoms with Crippen molar-refractivity contribution >= 4 is 23.4 Å². The second-order valence-corrected chi connectivity index (χ2v) is 3.21. The number of nitrogens with zero attached hydrogens (tertiary/aromatic N) is 2. The maximum Gasteiger partial charge on any atom is 0.325 e. The van der Waals surface area contributed by atoms with Gasteiger partial charge in [0.2, 0.25) is 0 Å². The molecule has 0 aliphatic carbocycles. The van der Waals surface area contributed by atoms with Crippen LogP contribution in [0.3, 0.4) is 0 Å². The summed E-state index contributed by atoms with van der Waals surface area (Å²) < 4.78 is 0. The van der Waals surface area contributed by atoms with Crippen LogP contribution in [-0.4, -0.2) is 27.1 Å². The van der Waals surface area contributed by atoms with Gasteiger partial charge in [0, 0.05) is 6.07 Å². The molecule has 1 aromatic heterocycles. The van der Waals surface area contributed by atoms with Crippen LogP contribution in [0, 0.1) is 6.92 Å². The molecule has 2 N–H and O–H groups in total. The van der Waals surface area contributed by atoms with Gasteiger partial charge in [0.1, 0.15) is 22.8 Å². The van der Waals surface area contributed by atoms with Crippen LogP contribution in [-0.2, 0) is 4.79 Å². The minimum atomic E-state index is -0.947. The quantitative estimate of drug-likeness (QED) is 0.744. The standard InChI is InChI=1S/C8H10ClN3O2/c1-4(8(13)14)10-7-3-6(9)11-5(2)12-7/h3-4H,1-2H3,(H,13,14)(H,10,11,12). The lowest BCUT2D eigenvalue weighted by Crippen LogP contribution is -2.26. The van der Waals surface area contributed by atoms with Crippen molar-refractivity contribution in [2.45, 2.75) is 19.9 Å². The van der Waals surface area contributed by atoms with Crippen LogP contribution >= 0.6 is 11.6 Å². The number of carboxylic acids is 1. The smallest absolute Gasteiger partial charge is 0.325 e. The minimum Gasteiger partial charge on any atom is -0.480 e. The Bertz CT molecular complexity index is 336. The third kappa shape index (κ3) is 2.85. The van der Waals surface area contributed by atoms with Gasteiger partial charge in [0.15, 0.2) is 0 Å². The van der Waals surface area contributed by atoms with Gasteiger partial charge in [-0.25, -0.2) is 9.97 Å². The van der Waals surface area contributed by atoms with Crippen LogP contribution < -0.4 is 5.32 Å². The first-order valence-electron chi connectivity index (χ1n) is 3.99. The Morgan fingerprint density at radius 3 is 2.79 bits per heavy atom. The number of halogens is 1. The number of rotatable bonds is 3. The summed E-state index contributed by atoms with van der Waals surface area (Å²) in [6, 6.07) is 0.772. The molecule has 6 heteroatoms. The molecule has 0 aliphatic heterocycles. The van der Waals surface area contributed by atoms with Crippen molar-refractivity contribution in [3.05, 3.63) is 17.0 Å². The van der Waals surface area contributed by atoms with Gasteiger partial charge >= 0.3 is 5.97 Å². The predicted molar refractivity (Wildman–Crippen MR) is 52.5 cm³/mol. The molecule has 0 spiro atoms. The second kappa shape index (κ2) is 4.23. The zero-order valence-corrected chi connectivity index (χ0v) is 8.54. The Morgan fingerprint density at radius 2 is 2.29 bits per heavy atom. The van der Waals surface area contributed by atoms with E-state index in [4.69, 9.17) is 16.7 Å². The fraction of sp³-hybridized carbons (Fsp3) is 0.375. The van der Waals surface area contributed by atoms with Crippen LogP contribution in [0.1, 0.15) is 12.7 Å². The molecule has 14 heavy (non-hydrogen) atoms. The van der Waals surface area contributed by atoms with Gasteiger partial charge in [-0.3, -0.25) is 4.79 Å². The molecular formula is C8H10ClN3O2. The molecule has 1 unspecified atom stereocenters. The van der Waals surface area contributed by atoms with Crippen molar-refractivity contribution in [3.8, 4) is 0 Å². The molecular weight excluding hydrogens is 206 g/mol. The highest BCUT2D eigenvalue weighted by Gasteiger charge is 2.11. The van der Waals surface area contributed by atoms with Crippen molar-refractivity contribution < 1.29 is 9.90 Å². The molecule has 76 valence electrons. The topological polar surface area (TPSA) is 75.1 Å². The zero-order chi connectivity index (χ0) is 10.7. The molecule has 5 nitrogen and oxygen atoms in total. The predicted octanol–water partition coefficient (Wildman–Crippen LogP) is 1.32. The van der Waals surface area contributed by atoms with Crippen molar-refractivity contribution in [2.24, 2.45) is 0 Å². The van der Waals surface area contributed by atoms with Crippen LogP contribution in [0.2, 0.25) is 5.15 Å². The van der Waals surface area contributed by atoms with Crippen molar-refractivity contribution in [1.82, 2.24) is 9.97 Å². The highest BCUT2D eigenvalue weighted by molar-refractivity contribution is 6.29. The summed E-state index contributed by atoms with van der Waals surface area (Å²) >= 11 is 5.67. The van der Waals surface area contributed by atoms with Crippen LogP contribution in [0.25, 0.3) is 0 Å². The van der Waals surface area contributed by atoms with E-state index in [9.17, 15) is 4.79 Å². The molecule has 0 aromatic carbocycles. The molecule has 0 fully saturated rings. The lowest BCUT2D eigenvalue weighted by molar-refractivity contribution is -0.137. The minimum absolute atomic E-state index is 0.289. The maximum absolute atomic E-state index is 10.5. The SMILES string of the molecule is Cc1nc(Cl)cc(NC(C)C(=O)O)n1. The number of aryl methyl sites for hydroxylation is 1. The third-order valence-electron chi connectivity index (χ3n) is 1.54. The van der Waals surface area contributed by atoms with Gasteiger partial charge in [-0.1, -0.05) is 11.6 Å². The summed E-state index contributed by atoms with van der Waals surface area (Å²) in [4.78, 5) is 18.4. The number of anilines is 1. The summed E-state index contributed by atoms with van der Waals surface area (Å²) in [6.45, 7) is 3.20. The zero-order valence-electron chi connectivity index (χ0n) is 7.78. The normalized spacial score (nSPS) is 12.2. The van der Waals surface area contributed by atoms with E-state index in [0.29, 0.717) is 11.6 Å². The molecule has 1 rings (SSSR count). The van der Waals surface area contributed by atoms with Crippen LogP contribution in [0.5, 0.6) is 0 Å². The van der Waals surface area contributed by atoms with E-state index in [-0.39, 0.29) is 5.15 Å². The summed E-state index contributed by atoms with van der Waals surface area (Å²) in [5.74, 6) is -0.0348. The average Bonchev–Trinajstić information content (AvgIpc) is 2.01.